The van der Waals surface area contributed by atoms with Crippen LogP contribution in [0, 0.1) is 0 Å². The molecular weight excluding hydrogens is 224 g/mol. The van der Waals surface area contributed by atoms with Crippen LogP contribution in [0.25, 0.3) is 0 Å². The molecular formula is C15H18N2O. The summed E-state index contributed by atoms with van der Waals surface area (Å²) < 4.78 is 5.65. The highest BCUT2D eigenvalue weighted by Gasteiger charge is 2.16. The van der Waals surface area contributed by atoms with Crippen molar-refractivity contribution >= 4 is 0 Å². The molecule has 18 heavy (non-hydrogen) atoms. The Morgan fingerprint density at radius 1 is 1.06 bits per heavy atom. The van der Waals surface area contributed by atoms with E-state index in [-0.39, 0.29) is 6.04 Å². The molecule has 3 heteroatoms. The molecule has 0 aliphatic rings. The topological polar surface area (TPSA) is 47.3 Å². The van der Waals surface area contributed by atoms with Gasteiger partial charge >= 0.3 is 0 Å². The van der Waals surface area contributed by atoms with E-state index in [4.69, 9.17) is 10.6 Å². The van der Waals surface area contributed by atoms with Crippen LogP contribution in [0.4, 0.5) is 0 Å². The Bertz CT molecular complexity index is 485. The molecule has 0 saturated heterocycles. The number of benzene rings is 2. The van der Waals surface area contributed by atoms with E-state index >= 15 is 0 Å². The first-order valence-corrected chi connectivity index (χ1v) is 6.09. The van der Waals surface area contributed by atoms with E-state index in [2.05, 4.69) is 5.43 Å². The minimum absolute atomic E-state index is 0.0612. The van der Waals surface area contributed by atoms with E-state index < -0.39 is 0 Å². The molecule has 0 fully saturated rings. The van der Waals surface area contributed by atoms with Crippen molar-refractivity contribution in [1.29, 1.82) is 0 Å². The van der Waals surface area contributed by atoms with Gasteiger partial charge in [-0.2, -0.15) is 0 Å². The molecule has 0 aromatic heterocycles. The van der Waals surface area contributed by atoms with E-state index in [1.165, 1.54) is 0 Å². The van der Waals surface area contributed by atoms with Gasteiger partial charge in [-0.3, -0.25) is 5.84 Å². The zero-order valence-corrected chi connectivity index (χ0v) is 10.5. The van der Waals surface area contributed by atoms with Gasteiger partial charge in [0.15, 0.2) is 0 Å². The fraction of sp³-hybridized carbons (Fsp3) is 0.200. The molecule has 0 aliphatic carbocycles. The largest absolute Gasteiger partial charge is 0.494 e. The monoisotopic (exact) mass is 242 g/mol. The average molecular weight is 242 g/mol. The number of nitrogens with two attached hydrogens (primary N) is 1. The first-order chi connectivity index (χ1) is 8.86. The summed E-state index contributed by atoms with van der Waals surface area (Å²) in [7, 11) is 0. The number of para-hydroxylation sites is 1. The molecule has 2 aromatic rings. The third-order valence-electron chi connectivity index (χ3n) is 2.83. The maximum absolute atomic E-state index is 5.70. The van der Waals surface area contributed by atoms with E-state index in [0.29, 0.717) is 6.61 Å². The van der Waals surface area contributed by atoms with Crippen LogP contribution in [-0.4, -0.2) is 6.61 Å². The minimum Gasteiger partial charge on any atom is -0.494 e. The molecule has 0 heterocycles. The lowest BCUT2D eigenvalue weighted by molar-refractivity contribution is 0.333. The van der Waals surface area contributed by atoms with Gasteiger partial charge in [-0.25, -0.2) is 5.43 Å². The lowest BCUT2D eigenvalue weighted by atomic mass is 9.98. The highest BCUT2D eigenvalue weighted by molar-refractivity contribution is 5.41. The Balaban J connectivity index is 2.39. The van der Waals surface area contributed by atoms with E-state index in [0.717, 1.165) is 16.9 Å². The predicted molar refractivity (Wildman–Crippen MR) is 73.2 cm³/mol. The van der Waals surface area contributed by atoms with Gasteiger partial charge in [0.2, 0.25) is 0 Å². The van der Waals surface area contributed by atoms with Crippen molar-refractivity contribution in [3.63, 3.8) is 0 Å². The van der Waals surface area contributed by atoms with Gasteiger partial charge in [0.05, 0.1) is 12.6 Å². The standard InChI is InChI=1S/C15H18N2O/c1-2-18-14-11-7-6-10-13(14)15(17-16)12-8-4-3-5-9-12/h3-11,15,17H,2,16H2,1H3. The van der Waals surface area contributed by atoms with Crippen LogP contribution in [-0.2, 0) is 0 Å². The Labute approximate surface area is 108 Å². The molecule has 1 unspecified atom stereocenters. The Kier molecular flexibility index (Phi) is 4.34. The molecule has 2 rings (SSSR count). The van der Waals surface area contributed by atoms with Crippen LogP contribution in [0.3, 0.4) is 0 Å². The van der Waals surface area contributed by atoms with Crippen LogP contribution >= 0.6 is 0 Å². The smallest absolute Gasteiger partial charge is 0.124 e. The van der Waals surface area contributed by atoms with Crippen molar-refractivity contribution < 1.29 is 4.74 Å². The van der Waals surface area contributed by atoms with Gasteiger partial charge in [0.1, 0.15) is 5.75 Å². The number of hydrazine groups is 1. The molecule has 1 atom stereocenters. The molecule has 0 bridgehead atoms. The number of rotatable bonds is 5. The van der Waals surface area contributed by atoms with Crippen molar-refractivity contribution in [3.8, 4) is 5.75 Å². The lowest BCUT2D eigenvalue weighted by Crippen LogP contribution is -2.29. The van der Waals surface area contributed by atoms with Crippen molar-refractivity contribution in [2.45, 2.75) is 13.0 Å². The Hall–Kier alpha value is -1.84. The molecule has 3 N–H and O–H groups in total. The van der Waals surface area contributed by atoms with Crippen molar-refractivity contribution in [2.75, 3.05) is 6.61 Å². The summed E-state index contributed by atoms with van der Waals surface area (Å²) in [5, 5.41) is 0. The van der Waals surface area contributed by atoms with Crippen molar-refractivity contribution in [2.24, 2.45) is 5.84 Å². The minimum atomic E-state index is -0.0612. The molecule has 0 saturated carbocycles. The average Bonchev–Trinajstić information content (AvgIpc) is 2.43. The lowest BCUT2D eigenvalue weighted by Gasteiger charge is -2.20. The Morgan fingerprint density at radius 3 is 2.39 bits per heavy atom. The second-order valence-electron chi connectivity index (χ2n) is 3.98. The molecule has 0 aliphatic heterocycles. The molecule has 0 spiro atoms. The predicted octanol–water partition coefficient (Wildman–Crippen LogP) is 2.64. The first-order valence-electron chi connectivity index (χ1n) is 6.09. The summed E-state index contributed by atoms with van der Waals surface area (Å²) in [6.45, 7) is 2.62. The summed E-state index contributed by atoms with van der Waals surface area (Å²) in [6, 6.07) is 18.0. The number of ether oxygens (including phenoxy) is 1. The first kappa shape index (κ1) is 12.6. The van der Waals surface area contributed by atoms with E-state index in [1.54, 1.807) is 0 Å². The zero-order chi connectivity index (χ0) is 12.8. The van der Waals surface area contributed by atoms with Crippen LogP contribution < -0.4 is 16.0 Å². The van der Waals surface area contributed by atoms with Gasteiger partial charge in [-0.15, -0.1) is 0 Å². The fourth-order valence-electron chi connectivity index (χ4n) is 2.02. The highest BCUT2D eigenvalue weighted by Crippen LogP contribution is 2.29. The molecule has 0 amide bonds. The van der Waals surface area contributed by atoms with E-state index in [9.17, 15) is 0 Å². The summed E-state index contributed by atoms with van der Waals surface area (Å²) in [4.78, 5) is 0. The summed E-state index contributed by atoms with van der Waals surface area (Å²) >= 11 is 0. The summed E-state index contributed by atoms with van der Waals surface area (Å²) in [6.07, 6.45) is 0. The number of hydrogen-bond donors (Lipinski definition) is 2. The third-order valence-corrected chi connectivity index (χ3v) is 2.83. The fourth-order valence-corrected chi connectivity index (χ4v) is 2.02. The van der Waals surface area contributed by atoms with Crippen LogP contribution in [0.2, 0.25) is 0 Å². The van der Waals surface area contributed by atoms with Gasteiger partial charge in [-0.1, -0.05) is 48.5 Å². The maximum atomic E-state index is 5.70. The van der Waals surface area contributed by atoms with Gasteiger partial charge in [0.25, 0.3) is 0 Å². The normalized spacial score (nSPS) is 12.1. The van der Waals surface area contributed by atoms with Gasteiger partial charge < -0.3 is 4.74 Å². The van der Waals surface area contributed by atoms with E-state index in [1.807, 2.05) is 61.5 Å². The maximum Gasteiger partial charge on any atom is 0.124 e. The zero-order valence-electron chi connectivity index (χ0n) is 10.5. The highest BCUT2D eigenvalue weighted by atomic mass is 16.5. The summed E-state index contributed by atoms with van der Waals surface area (Å²) in [5.41, 5.74) is 5.02. The number of nitrogens with one attached hydrogen (secondary N) is 1. The second kappa shape index (κ2) is 6.19. The van der Waals surface area contributed by atoms with Gasteiger partial charge in [0, 0.05) is 5.56 Å². The molecule has 2 aromatic carbocycles. The van der Waals surface area contributed by atoms with Crippen molar-refractivity contribution in [3.05, 3.63) is 65.7 Å². The second-order valence-corrected chi connectivity index (χ2v) is 3.98. The Morgan fingerprint density at radius 2 is 1.72 bits per heavy atom. The number of hydrogen-bond acceptors (Lipinski definition) is 3. The van der Waals surface area contributed by atoms with Crippen molar-refractivity contribution in [1.82, 2.24) is 5.43 Å². The summed E-state index contributed by atoms with van der Waals surface area (Å²) in [5.74, 6) is 6.56. The molecule has 3 nitrogen and oxygen atoms in total. The quantitative estimate of drug-likeness (QED) is 0.626. The van der Waals surface area contributed by atoms with Crippen LogP contribution in [0.1, 0.15) is 24.1 Å². The molecule has 94 valence electrons. The van der Waals surface area contributed by atoms with Crippen LogP contribution in [0.5, 0.6) is 5.75 Å². The SMILES string of the molecule is CCOc1ccccc1C(NN)c1ccccc1. The van der Waals surface area contributed by atoms with Crippen LogP contribution in [0.15, 0.2) is 54.6 Å². The third kappa shape index (κ3) is 2.70. The molecule has 0 radical (unpaired) electrons. The van der Waals surface area contributed by atoms with Gasteiger partial charge in [-0.05, 0) is 18.6 Å².